The van der Waals surface area contributed by atoms with Crippen LogP contribution in [-0.4, -0.2) is 5.91 Å². The standard InChI is InChI=1S/C13H10Cl2N2O/c14-9-4-5-11(15)12(7-9)17-13(18)8-2-1-3-10(16)6-8/h1-7H,16H2,(H,17,18). The average Bonchev–Trinajstić information content (AvgIpc) is 2.34. The molecule has 0 aliphatic carbocycles. The minimum absolute atomic E-state index is 0.286. The minimum Gasteiger partial charge on any atom is -0.399 e. The molecule has 1 amide bonds. The third-order valence-corrected chi connectivity index (χ3v) is 2.89. The number of carbonyl (C=O) groups excluding carboxylic acids is 1. The van der Waals surface area contributed by atoms with Gasteiger partial charge in [-0.1, -0.05) is 29.3 Å². The van der Waals surface area contributed by atoms with Gasteiger partial charge in [0.1, 0.15) is 0 Å². The average molecular weight is 281 g/mol. The van der Waals surface area contributed by atoms with Gasteiger partial charge in [-0.2, -0.15) is 0 Å². The molecule has 0 unspecified atom stereocenters. The highest BCUT2D eigenvalue weighted by Crippen LogP contribution is 2.25. The number of hydrogen-bond acceptors (Lipinski definition) is 2. The normalized spacial score (nSPS) is 10.1. The maximum atomic E-state index is 12.0. The molecule has 92 valence electrons. The summed E-state index contributed by atoms with van der Waals surface area (Å²) in [6.07, 6.45) is 0. The van der Waals surface area contributed by atoms with Gasteiger partial charge in [0.05, 0.1) is 10.7 Å². The first-order valence-electron chi connectivity index (χ1n) is 5.18. The van der Waals surface area contributed by atoms with Crippen LogP contribution in [0.25, 0.3) is 0 Å². The fourth-order valence-corrected chi connectivity index (χ4v) is 1.80. The summed E-state index contributed by atoms with van der Waals surface area (Å²) in [6.45, 7) is 0. The van der Waals surface area contributed by atoms with Gasteiger partial charge in [0, 0.05) is 16.3 Å². The molecule has 0 atom stereocenters. The van der Waals surface area contributed by atoms with E-state index in [0.29, 0.717) is 27.0 Å². The van der Waals surface area contributed by atoms with Crippen LogP contribution in [-0.2, 0) is 0 Å². The summed E-state index contributed by atoms with van der Waals surface area (Å²) in [4.78, 5) is 12.0. The Morgan fingerprint density at radius 2 is 1.89 bits per heavy atom. The zero-order valence-electron chi connectivity index (χ0n) is 9.28. The molecule has 0 spiro atoms. The van der Waals surface area contributed by atoms with Crippen molar-refractivity contribution in [1.82, 2.24) is 0 Å². The van der Waals surface area contributed by atoms with Crippen molar-refractivity contribution < 1.29 is 4.79 Å². The molecule has 2 rings (SSSR count). The maximum Gasteiger partial charge on any atom is 0.255 e. The molecule has 0 aliphatic heterocycles. The van der Waals surface area contributed by atoms with E-state index in [1.165, 1.54) is 0 Å². The highest BCUT2D eigenvalue weighted by molar-refractivity contribution is 6.35. The van der Waals surface area contributed by atoms with E-state index in [1.54, 1.807) is 42.5 Å². The first-order chi connectivity index (χ1) is 8.56. The molecule has 18 heavy (non-hydrogen) atoms. The maximum absolute atomic E-state index is 12.0. The molecular formula is C13H10Cl2N2O. The first kappa shape index (κ1) is 12.7. The zero-order chi connectivity index (χ0) is 13.1. The summed E-state index contributed by atoms with van der Waals surface area (Å²) in [5.41, 5.74) is 7.08. The molecule has 0 bridgehead atoms. The second-order valence-corrected chi connectivity index (χ2v) is 4.55. The molecule has 5 heteroatoms. The third-order valence-electron chi connectivity index (χ3n) is 2.33. The Balaban J connectivity index is 2.24. The highest BCUT2D eigenvalue weighted by Gasteiger charge is 2.09. The number of anilines is 2. The Bertz CT molecular complexity index is 599. The van der Waals surface area contributed by atoms with Crippen molar-refractivity contribution >= 4 is 40.5 Å². The van der Waals surface area contributed by atoms with E-state index in [-0.39, 0.29) is 5.91 Å². The molecule has 0 aliphatic rings. The summed E-state index contributed by atoms with van der Waals surface area (Å²) in [6, 6.07) is 11.6. The van der Waals surface area contributed by atoms with Gasteiger partial charge in [0.15, 0.2) is 0 Å². The number of nitrogen functional groups attached to an aromatic ring is 1. The van der Waals surface area contributed by atoms with Crippen molar-refractivity contribution in [2.24, 2.45) is 0 Å². The van der Waals surface area contributed by atoms with Crippen LogP contribution >= 0.6 is 23.2 Å². The zero-order valence-corrected chi connectivity index (χ0v) is 10.8. The molecule has 0 saturated heterocycles. The lowest BCUT2D eigenvalue weighted by molar-refractivity contribution is 0.102. The second-order valence-electron chi connectivity index (χ2n) is 3.70. The summed E-state index contributed by atoms with van der Waals surface area (Å²) < 4.78 is 0. The fourth-order valence-electron chi connectivity index (χ4n) is 1.47. The van der Waals surface area contributed by atoms with Crippen LogP contribution in [0.15, 0.2) is 42.5 Å². The lowest BCUT2D eigenvalue weighted by atomic mass is 10.2. The lowest BCUT2D eigenvalue weighted by Gasteiger charge is -2.08. The number of halogens is 2. The van der Waals surface area contributed by atoms with Crippen molar-refractivity contribution in [2.75, 3.05) is 11.1 Å². The van der Waals surface area contributed by atoms with Gasteiger partial charge in [-0.25, -0.2) is 0 Å². The van der Waals surface area contributed by atoms with Crippen molar-refractivity contribution in [3.63, 3.8) is 0 Å². The minimum atomic E-state index is -0.286. The summed E-state index contributed by atoms with van der Waals surface area (Å²) in [7, 11) is 0. The van der Waals surface area contributed by atoms with Gasteiger partial charge in [-0.15, -0.1) is 0 Å². The number of rotatable bonds is 2. The highest BCUT2D eigenvalue weighted by atomic mass is 35.5. The van der Waals surface area contributed by atoms with Crippen molar-refractivity contribution in [3.8, 4) is 0 Å². The van der Waals surface area contributed by atoms with Crippen LogP contribution in [0.1, 0.15) is 10.4 Å². The molecule has 0 saturated carbocycles. The Morgan fingerprint density at radius 1 is 1.11 bits per heavy atom. The van der Waals surface area contributed by atoms with E-state index in [4.69, 9.17) is 28.9 Å². The second kappa shape index (κ2) is 5.29. The smallest absolute Gasteiger partial charge is 0.255 e. The Labute approximate surface area is 115 Å². The summed E-state index contributed by atoms with van der Waals surface area (Å²) in [5.74, 6) is -0.286. The molecule has 2 aromatic rings. The number of nitrogens with two attached hydrogens (primary N) is 1. The molecular weight excluding hydrogens is 271 g/mol. The predicted octanol–water partition coefficient (Wildman–Crippen LogP) is 3.83. The van der Waals surface area contributed by atoms with Crippen LogP contribution < -0.4 is 11.1 Å². The largest absolute Gasteiger partial charge is 0.399 e. The molecule has 2 aromatic carbocycles. The first-order valence-corrected chi connectivity index (χ1v) is 5.94. The number of benzene rings is 2. The number of carbonyl (C=O) groups is 1. The van der Waals surface area contributed by atoms with Crippen LogP contribution in [0.2, 0.25) is 10.0 Å². The van der Waals surface area contributed by atoms with Gasteiger partial charge in [-0.3, -0.25) is 4.79 Å². The van der Waals surface area contributed by atoms with E-state index < -0.39 is 0 Å². The van der Waals surface area contributed by atoms with E-state index in [2.05, 4.69) is 5.32 Å². The van der Waals surface area contributed by atoms with E-state index in [0.717, 1.165) is 0 Å². The van der Waals surface area contributed by atoms with Crippen LogP contribution in [0, 0.1) is 0 Å². The predicted molar refractivity (Wildman–Crippen MR) is 75.3 cm³/mol. The fraction of sp³-hybridized carbons (Fsp3) is 0. The summed E-state index contributed by atoms with van der Waals surface area (Å²) >= 11 is 11.8. The Morgan fingerprint density at radius 3 is 2.61 bits per heavy atom. The van der Waals surface area contributed by atoms with Crippen molar-refractivity contribution in [3.05, 3.63) is 58.1 Å². The molecule has 3 N–H and O–H groups in total. The van der Waals surface area contributed by atoms with Gasteiger partial charge in [0.2, 0.25) is 0 Å². The Kier molecular flexibility index (Phi) is 3.75. The molecule has 0 heterocycles. The Hall–Kier alpha value is -1.71. The number of amides is 1. The molecule has 3 nitrogen and oxygen atoms in total. The SMILES string of the molecule is Nc1cccc(C(=O)Nc2cc(Cl)ccc2Cl)c1. The van der Waals surface area contributed by atoms with Crippen LogP contribution in [0.3, 0.4) is 0 Å². The lowest BCUT2D eigenvalue weighted by Crippen LogP contribution is -2.12. The topological polar surface area (TPSA) is 55.1 Å². The van der Waals surface area contributed by atoms with E-state index in [9.17, 15) is 4.79 Å². The van der Waals surface area contributed by atoms with Gasteiger partial charge >= 0.3 is 0 Å². The number of nitrogens with one attached hydrogen (secondary N) is 1. The summed E-state index contributed by atoms with van der Waals surface area (Å²) in [5, 5.41) is 3.61. The van der Waals surface area contributed by atoms with Gasteiger partial charge < -0.3 is 11.1 Å². The van der Waals surface area contributed by atoms with E-state index >= 15 is 0 Å². The van der Waals surface area contributed by atoms with Crippen molar-refractivity contribution in [1.29, 1.82) is 0 Å². The molecule has 0 fully saturated rings. The number of hydrogen-bond donors (Lipinski definition) is 2. The van der Waals surface area contributed by atoms with Gasteiger partial charge in [0.25, 0.3) is 5.91 Å². The van der Waals surface area contributed by atoms with Crippen LogP contribution in [0.4, 0.5) is 11.4 Å². The van der Waals surface area contributed by atoms with Gasteiger partial charge in [-0.05, 0) is 36.4 Å². The van der Waals surface area contributed by atoms with Crippen molar-refractivity contribution in [2.45, 2.75) is 0 Å². The van der Waals surface area contributed by atoms with Crippen LogP contribution in [0.5, 0.6) is 0 Å². The quantitative estimate of drug-likeness (QED) is 0.822. The van der Waals surface area contributed by atoms with E-state index in [1.807, 2.05) is 0 Å². The third kappa shape index (κ3) is 2.94. The molecule has 0 aromatic heterocycles. The monoisotopic (exact) mass is 280 g/mol. The molecule has 0 radical (unpaired) electrons.